The van der Waals surface area contributed by atoms with Crippen molar-refractivity contribution in [2.75, 3.05) is 26.7 Å². The van der Waals surface area contributed by atoms with Gasteiger partial charge in [-0.2, -0.15) is 0 Å². The molecule has 2 nitrogen and oxygen atoms in total. The van der Waals surface area contributed by atoms with E-state index in [2.05, 4.69) is 41.5 Å². The molecule has 0 saturated carbocycles. The molecule has 1 N–H and O–H groups in total. The molecule has 1 saturated heterocycles. The quantitative estimate of drug-likeness (QED) is 0.900. The Morgan fingerprint density at radius 2 is 1.89 bits per heavy atom. The molecule has 3 heteroatoms. The average Bonchev–Trinajstić information content (AvgIpc) is 2.40. The lowest BCUT2D eigenvalue weighted by Crippen LogP contribution is -2.25. The summed E-state index contributed by atoms with van der Waals surface area (Å²) < 4.78 is 0. The maximum Gasteiger partial charge on any atom is 0.0341 e. The monoisotopic (exact) mass is 264 g/mol. The Balaban J connectivity index is 1.88. The number of hydrogen-bond donors (Lipinski definition) is 1. The second-order valence-electron chi connectivity index (χ2n) is 4.92. The summed E-state index contributed by atoms with van der Waals surface area (Å²) >= 11 is 6.43. The molecule has 0 radical (unpaired) electrons. The highest BCUT2D eigenvalue weighted by Gasteiger charge is 2.11. The third-order valence-corrected chi connectivity index (χ3v) is 3.68. The molecule has 0 amide bonds. The maximum atomic E-state index is 6.43. The second kappa shape index (κ2) is 6.93. The lowest BCUT2D eigenvalue weighted by molar-refractivity contribution is 0.358. The Bertz CT molecular complexity index is 392. The van der Waals surface area contributed by atoms with E-state index in [9.17, 15) is 0 Å². The summed E-state index contributed by atoms with van der Waals surface area (Å²) in [7, 11) is 2.12. The van der Waals surface area contributed by atoms with Gasteiger partial charge in [0.15, 0.2) is 0 Å². The summed E-state index contributed by atoms with van der Waals surface area (Å²) in [5, 5.41) is 4.39. The molecule has 1 heterocycles. The van der Waals surface area contributed by atoms with E-state index < -0.39 is 0 Å². The van der Waals surface area contributed by atoms with Crippen LogP contribution in [0.15, 0.2) is 40.9 Å². The fourth-order valence-electron chi connectivity index (χ4n) is 2.30. The van der Waals surface area contributed by atoms with Crippen molar-refractivity contribution in [3.8, 4) is 0 Å². The summed E-state index contributed by atoms with van der Waals surface area (Å²) in [6, 6.07) is 10.5. The molecule has 1 aromatic carbocycles. The van der Waals surface area contributed by atoms with Crippen LogP contribution in [0.5, 0.6) is 0 Å². The predicted octanol–water partition coefficient (Wildman–Crippen LogP) is 2.99. The normalized spacial score (nSPS) is 16.1. The van der Waals surface area contributed by atoms with Crippen LogP contribution in [0.4, 0.5) is 0 Å². The summed E-state index contributed by atoms with van der Waals surface area (Å²) in [6.07, 6.45) is 2.19. The molecule has 1 aliphatic heterocycles. The first-order chi connectivity index (χ1) is 8.75. The van der Waals surface area contributed by atoms with Gasteiger partial charge in [0, 0.05) is 18.1 Å². The zero-order chi connectivity index (χ0) is 12.8. The zero-order valence-corrected chi connectivity index (χ0v) is 11.7. The minimum atomic E-state index is 0.853. The van der Waals surface area contributed by atoms with Gasteiger partial charge in [-0.1, -0.05) is 47.5 Å². The molecule has 1 aliphatic rings. The van der Waals surface area contributed by atoms with Gasteiger partial charge in [-0.05, 0) is 38.5 Å². The molecule has 18 heavy (non-hydrogen) atoms. The van der Waals surface area contributed by atoms with E-state index >= 15 is 0 Å². The number of rotatable bonds is 4. The van der Waals surface area contributed by atoms with Crippen molar-refractivity contribution in [2.45, 2.75) is 19.4 Å². The van der Waals surface area contributed by atoms with Gasteiger partial charge in [0.05, 0.1) is 0 Å². The van der Waals surface area contributed by atoms with Gasteiger partial charge >= 0.3 is 0 Å². The first-order valence-electron chi connectivity index (χ1n) is 6.55. The Morgan fingerprint density at radius 1 is 1.22 bits per heavy atom. The van der Waals surface area contributed by atoms with Gasteiger partial charge in [0.1, 0.15) is 0 Å². The van der Waals surface area contributed by atoms with Crippen molar-refractivity contribution in [3.63, 3.8) is 0 Å². The number of halogens is 1. The Kier molecular flexibility index (Phi) is 5.24. The number of likely N-dealkylation sites (N-methyl/N-ethyl adjacent to an activating group) is 1. The molecular weight excluding hydrogens is 244 g/mol. The van der Waals surface area contributed by atoms with Crippen LogP contribution in [0, 0.1) is 0 Å². The number of benzene rings is 1. The Morgan fingerprint density at radius 3 is 2.56 bits per heavy atom. The number of nitrogens with one attached hydrogen (secondary N) is 1. The molecule has 1 aromatic rings. The number of piperidine rings is 1. The molecule has 0 atom stereocenters. The van der Waals surface area contributed by atoms with E-state index in [1.54, 1.807) is 0 Å². The highest BCUT2D eigenvalue weighted by molar-refractivity contribution is 6.30. The summed E-state index contributed by atoms with van der Waals surface area (Å²) in [4.78, 5) is 2.27. The molecular formula is C15H21ClN2. The standard InChI is InChI=1S/C15H21ClN2/c1-18(11-13-5-3-2-4-6-13)12-15(16)14-7-9-17-10-8-14/h2-6,17H,7-12H2,1H3. The largest absolute Gasteiger partial charge is 0.316 e. The third kappa shape index (κ3) is 4.13. The molecule has 0 unspecified atom stereocenters. The summed E-state index contributed by atoms with van der Waals surface area (Å²) in [5.74, 6) is 0. The smallest absolute Gasteiger partial charge is 0.0341 e. The highest BCUT2D eigenvalue weighted by Crippen LogP contribution is 2.20. The number of nitrogens with zero attached hydrogens (tertiary/aromatic N) is 1. The molecule has 1 fully saturated rings. The van der Waals surface area contributed by atoms with Crippen LogP contribution in [-0.4, -0.2) is 31.6 Å². The zero-order valence-electron chi connectivity index (χ0n) is 11.0. The van der Waals surface area contributed by atoms with Crippen LogP contribution in [0.3, 0.4) is 0 Å². The van der Waals surface area contributed by atoms with Gasteiger partial charge in [-0.25, -0.2) is 0 Å². The molecule has 2 rings (SSSR count). The molecule has 0 aliphatic carbocycles. The van der Waals surface area contributed by atoms with Crippen LogP contribution < -0.4 is 5.32 Å². The SMILES string of the molecule is CN(CC(Cl)=C1CCNCC1)Cc1ccccc1. The maximum absolute atomic E-state index is 6.43. The van der Waals surface area contributed by atoms with Gasteiger partial charge < -0.3 is 5.32 Å². The van der Waals surface area contributed by atoms with Gasteiger partial charge in [-0.3, -0.25) is 4.90 Å². The lowest BCUT2D eigenvalue weighted by Gasteiger charge is -2.21. The molecule has 0 bridgehead atoms. The van der Waals surface area contributed by atoms with Crippen molar-refractivity contribution in [1.29, 1.82) is 0 Å². The van der Waals surface area contributed by atoms with Crippen LogP contribution in [-0.2, 0) is 6.54 Å². The topological polar surface area (TPSA) is 15.3 Å². The molecule has 0 spiro atoms. The van der Waals surface area contributed by atoms with Crippen LogP contribution in [0.25, 0.3) is 0 Å². The van der Waals surface area contributed by atoms with E-state index in [-0.39, 0.29) is 0 Å². The van der Waals surface area contributed by atoms with Crippen LogP contribution >= 0.6 is 11.6 Å². The van der Waals surface area contributed by atoms with E-state index in [0.717, 1.165) is 44.1 Å². The van der Waals surface area contributed by atoms with Crippen LogP contribution in [0.2, 0.25) is 0 Å². The van der Waals surface area contributed by atoms with Gasteiger partial charge in [0.25, 0.3) is 0 Å². The van der Waals surface area contributed by atoms with E-state index in [1.807, 2.05) is 6.07 Å². The summed E-state index contributed by atoms with van der Waals surface area (Å²) in [5.41, 5.74) is 2.76. The molecule has 98 valence electrons. The van der Waals surface area contributed by atoms with E-state index in [1.165, 1.54) is 11.1 Å². The van der Waals surface area contributed by atoms with Crippen molar-refractivity contribution in [2.24, 2.45) is 0 Å². The second-order valence-corrected chi connectivity index (χ2v) is 5.37. The number of hydrogen-bond acceptors (Lipinski definition) is 2. The first-order valence-corrected chi connectivity index (χ1v) is 6.93. The fraction of sp³-hybridized carbons (Fsp3) is 0.467. The fourth-order valence-corrected chi connectivity index (χ4v) is 2.69. The Labute approximate surface area is 115 Å². The lowest BCUT2D eigenvalue weighted by atomic mass is 10.1. The van der Waals surface area contributed by atoms with Gasteiger partial charge in [-0.15, -0.1) is 0 Å². The van der Waals surface area contributed by atoms with Crippen molar-refractivity contribution < 1.29 is 0 Å². The van der Waals surface area contributed by atoms with Gasteiger partial charge in [0.2, 0.25) is 0 Å². The van der Waals surface area contributed by atoms with Crippen molar-refractivity contribution >= 4 is 11.6 Å². The van der Waals surface area contributed by atoms with E-state index in [4.69, 9.17) is 11.6 Å². The Hall–Kier alpha value is -0.830. The third-order valence-electron chi connectivity index (χ3n) is 3.29. The van der Waals surface area contributed by atoms with Crippen LogP contribution in [0.1, 0.15) is 18.4 Å². The molecule has 0 aromatic heterocycles. The first kappa shape index (κ1) is 13.6. The minimum absolute atomic E-state index is 0.853. The predicted molar refractivity (Wildman–Crippen MR) is 77.8 cm³/mol. The van der Waals surface area contributed by atoms with E-state index in [0.29, 0.717) is 0 Å². The van der Waals surface area contributed by atoms with Crippen molar-refractivity contribution in [3.05, 3.63) is 46.5 Å². The van der Waals surface area contributed by atoms with Crippen molar-refractivity contribution in [1.82, 2.24) is 10.2 Å². The highest BCUT2D eigenvalue weighted by atomic mass is 35.5. The summed E-state index contributed by atoms with van der Waals surface area (Å²) in [6.45, 7) is 3.93. The average molecular weight is 265 g/mol. The minimum Gasteiger partial charge on any atom is -0.316 e.